The van der Waals surface area contributed by atoms with E-state index in [1.165, 1.54) is 16.1 Å². The SMILES string of the molecule is CCC(C)c1c(NC(=O)C2=CCNN(C)C2=O)cccc1-c1cccc(-c2cc3c(c(OC)n2)C(C)CC3)c1Cl. The number of aromatic nitrogens is 1. The topological polar surface area (TPSA) is 83.6 Å². The maximum Gasteiger partial charge on any atom is 0.273 e. The van der Waals surface area contributed by atoms with Crippen molar-refractivity contribution in [3.05, 3.63) is 75.8 Å². The molecule has 1 aromatic heterocycles. The van der Waals surface area contributed by atoms with Gasteiger partial charge in [-0.2, -0.15) is 0 Å². The molecule has 208 valence electrons. The largest absolute Gasteiger partial charge is 0.481 e. The number of carbonyl (C=O) groups excluding carboxylic acids is 2. The van der Waals surface area contributed by atoms with Gasteiger partial charge in [0.15, 0.2) is 0 Å². The summed E-state index contributed by atoms with van der Waals surface area (Å²) < 4.78 is 5.70. The van der Waals surface area contributed by atoms with Crippen molar-refractivity contribution in [2.75, 3.05) is 26.0 Å². The van der Waals surface area contributed by atoms with Crippen LogP contribution >= 0.6 is 11.6 Å². The molecule has 2 unspecified atom stereocenters. The van der Waals surface area contributed by atoms with Crippen LogP contribution in [0.2, 0.25) is 5.02 Å². The molecule has 8 heteroatoms. The molecule has 7 nitrogen and oxygen atoms in total. The van der Waals surface area contributed by atoms with E-state index in [1.54, 1.807) is 20.2 Å². The van der Waals surface area contributed by atoms with Crippen molar-refractivity contribution in [2.24, 2.45) is 0 Å². The molecule has 0 radical (unpaired) electrons. The molecule has 0 saturated heterocycles. The van der Waals surface area contributed by atoms with E-state index in [0.29, 0.717) is 29.1 Å². The quantitative estimate of drug-likeness (QED) is 0.324. The summed E-state index contributed by atoms with van der Waals surface area (Å²) in [7, 11) is 3.27. The molecule has 1 aliphatic carbocycles. The third kappa shape index (κ3) is 5.00. The second kappa shape index (κ2) is 11.4. The van der Waals surface area contributed by atoms with Crippen LogP contribution in [0.4, 0.5) is 5.69 Å². The first-order valence-electron chi connectivity index (χ1n) is 13.8. The lowest BCUT2D eigenvalue weighted by atomic mass is 9.87. The number of nitrogens with one attached hydrogen (secondary N) is 2. The van der Waals surface area contributed by atoms with Crippen LogP contribution in [0, 0.1) is 0 Å². The Balaban J connectivity index is 1.58. The van der Waals surface area contributed by atoms with Crippen LogP contribution in [0.1, 0.15) is 62.1 Å². The number of benzene rings is 2. The number of halogens is 1. The van der Waals surface area contributed by atoms with Crippen molar-refractivity contribution in [3.8, 4) is 28.3 Å². The maximum atomic E-state index is 13.2. The number of anilines is 1. The van der Waals surface area contributed by atoms with E-state index in [4.69, 9.17) is 21.3 Å². The smallest absolute Gasteiger partial charge is 0.273 e. The predicted molar refractivity (Wildman–Crippen MR) is 160 cm³/mol. The lowest BCUT2D eigenvalue weighted by Gasteiger charge is -2.25. The van der Waals surface area contributed by atoms with E-state index in [1.807, 2.05) is 36.4 Å². The fourth-order valence-electron chi connectivity index (χ4n) is 5.71. The van der Waals surface area contributed by atoms with E-state index in [2.05, 4.69) is 37.6 Å². The second-order valence-electron chi connectivity index (χ2n) is 10.6. The summed E-state index contributed by atoms with van der Waals surface area (Å²) in [5.41, 5.74) is 10.5. The van der Waals surface area contributed by atoms with Gasteiger partial charge in [0, 0.05) is 36.0 Å². The van der Waals surface area contributed by atoms with Gasteiger partial charge in [-0.15, -0.1) is 0 Å². The van der Waals surface area contributed by atoms with Gasteiger partial charge in [-0.25, -0.2) is 10.4 Å². The van der Waals surface area contributed by atoms with Crippen molar-refractivity contribution in [1.82, 2.24) is 15.4 Å². The fourth-order valence-corrected chi connectivity index (χ4v) is 6.04. The molecule has 0 saturated carbocycles. The Morgan fingerprint density at radius 3 is 2.70 bits per heavy atom. The Morgan fingerprint density at radius 1 is 1.23 bits per heavy atom. The summed E-state index contributed by atoms with van der Waals surface area (Å²) in [5, 5.41) is 4.94. The Kier molecular flexibility index (Phi) is 7.97. The number of hydrazine groups is 1. The number of methoxy groups -OCH3 is 1. The molecular formula is C32H35ClN4O3. The Hall–Kier alpha value is -3.68. The predicted octanol–water partition coefficient (Wildman–Crippen LogP) is 6.48. The number of ether oxygens (including phenoxy) is 1. The molecule has 2 heterocycles. The van der Waals surface area contributed by atoms with Crippen LogP contribution in [-0.2, 0) is 16.0 Å². The average Bonchev–Trinajstić information content (AvgIpc) is 3.34. The van der Waals surface area contributed by atoms with Crippen LogP contribution in [0.5, 0.6) is 5.88 Å². The highest BCUT2D eigenvalue weighted by molar-refractivity contribution is 6.36. The molecule has 1 aliphatic heterocycles. The number of fused-ring (bicyclic) bond motifs is 1. The number of hydrogen-bond donors (Lipinski definition) is 2. The van der Waals surface area contributed by atoms with Crippen LogP contribution in [0.3, 0.4) is 0 Å². The van der Waals surface area contributed by atoms with E-state index in [0.717, 1.165) is 47.2 Å². The normalized spacial score (nSPS) is 17.4. The summed E-state index contributed by atoms with van der Waals surface area (Å²) in [5.74, 6) is 0.402. The van der Waals surface area contributed by atoms with Crippen molar-refractivity contribution in [2.45, 2.75) is 51.9 Å². The third-order valence-electron chi connectivity index (χ3n) is 8.08. The first-order chi connectivity index (χ1) is 19.2. The number of amides is 2. The molecule has 5 rings (SSSR count). The van der Waals surface area contributed by atoms with Gasteiger partial charge >= 0.3 is 0 Å². The summed E-state index contributed by atoms with van der Waals surface area (Å²) in [6, 6.07) is 13.9. The summed E-state index contributed by atoms with van der Waals surface area (Å²) in [6.45, 7) is 6.86. The molecule has 2 amide bonds. The molecule has 2 atom stereocenters. The zero-order valence-electron chi connectivity index (χ0n) is 23.6. The van der Waals surface area contributed by atoms with Crippen LogP contribution in [0.25, 0.3) is 22.4 Å². The van der Waals surface area contributed by atoms with Gasteiger partial charge in [0.05, 0.1) is 17.8 Å². The fraction of sp³-hybridized carbons (Fsp3) is 0.344. The molecule has 2 aliphatic rings. The molecule has 40 heavy (non-hydrogen) atoms. The molecule has 3 aromatic rings. The number of nitrogens with zero attached hydrogens (tertiary/aromatic N) is 2. The highest BCUT2D eigenvalue weighted by atomic mass is 35.5. The minimum atomic E-state index is -0.427. The summed E-state index contributed by atoms with van der Waals surface area (Å²) in [6.07, 6.45) is 4.54. The lowest BCUT2D eigenvalue weighted by molar-refractivity contribution is -0.131. The van der Waals surface area contributed by atoms with Gasteiger partial charge in [0.25, 0.3) is 11.8 Å². The minimum absolute atomic E-state index is 0.117. The van der Waals surface area contributed by atoms with Gasteiger partial charge in [0.1, 0.15) is 5.57 Å². The lowest BCUT2D eigenvalue weighted by Crippen LogP contribution is -2.46. The molecule has 2 N–H and O–H groups in total. The first-order valence-corrected chi connectivity index (χ1v) is 14.2. The van der Waals surface area contributed by atoms with Crippen molar-refractivity contribution in [1.29, 1.82) is 0 Å². The number of carbonyl (C=O) groups is 2. The zero-order chi connectivity index (χ0) is 28.6. The minimum Gasteiger partial charge on any atom is -0.481 e. The molecule has 2 aromatic carbocycles. The number of pyridine rings is 1. The van der Waals surface area contributed by atoms with Gasteiger partial charge in [-0.1, -0.05) is 68.8 Å². The van der Waals surface area contributed by atoms with E-state index in [-0.39, 0.29) is 17.4 Å². The van der Waals surface area contributed by atoms with E-state index >= 15 is 0 Å². The van der Waals surface area contributed by atoms with Gasteiger partial charge in [0.2, 0.25) is 5.88 Å². The monoisotopic (exact) mass is 558 g/mol. The van der Waals surface area contributed by atoms with Gasteiger partial charge in [-0.05, 0) is 59.9 Å². The molecular weight excluding hydrogens is 524 g/mol. The van der Waals surface area contributed by atoms with Crippen molar-refractivity contribution >= 4 is 29.1 Å². The van der Waals surface area contributed by atoms with Crippen LogP contribution in [0.15, 0.2) is 54.1 Å². The second-order valence-corrected chi connectivity index (χ2v) is 10.9. The standard InChI is InChI=1S/C32H35ClN4O3/c1-6-18(2)28-21(9-8-12-25(28)35-30(38)24-15-16-34-37(4)32(24)39)22-10-7-11-23(29(22)33)26-17-20-14-13-19(3)27(20)31(36-26)40-5/h7-12,15,17-19,34H,6,13-14,16H2,1-5H3,(H,35,38). The van der Waals surface area contributed by atoms with Crippen molar-refractivity contribution < 1.29 is 14.3 Å². The van der Waals surface area contributed by atoms with Crippen LogP contribution in [-0.4, -0.2) is 42.5 Å². The van der Waals surface area contributed by atoms with Crippen molar-refractivity contribution in [3.63, 3.8) is 0 Å². The molecule has 0 fully saturated rings. The Bertz CT molecular complexity index is 1520. The highest BCUT2D eigenvalue weighted by Crippen LogP contribution is 2.45. The van der Waals surface area contributed by atoms with E-state index in [9.17, 15) is 9.59 Å². The number of aryl methyl sites for hydroxylation is 1. The number of hydrogen-bond acceptors (Lipinski definition) is 5. The summed E-state index contributed by atoms with van der Waals surface area (Å²) >= 11 is 7.15. The van der Waals surface area contributed by atoms with E-state index < -0.39 is 5.91 Å². The maximum absolute atomic E-state index is 13.2. The Labute approximate surface area is 240 Å². The number of rotatable bonds is 7. The highest BCUT2D eigenvalue weighted by Gasteiger charge is 2.28. The first kappa shape index (κ1) is 27.9. The zero-order valence-corrected chi connectivity index (χ0v) is 24.4. The molecule has 0 bridgehead atoms. The molecule has 0 spiro atoms. The van der Waals surface area contributed by atoms with Gasteiger partial charge < -0.3 is 10.1 Å². The average molecular weight is 559 g/mol. The van der Waals surface area contributed by atoms with Gasteiger partial charge in [-0.3, -0.25) is 14.6 Å². The third-order valence-corrected chi connectivity index (χ3v) is 8.49. The van der Waals surface area contributed by atoms with Crippen LogP contribution < -0.4 is 15.5 Å². The number of likely N-dealkylation sites (N-methyl/N-ethyl adjacent to an activating group) is 1. The Morgan fingerprint density at radius 2 is 1.95 bits per heavy atom. The summed E-state index contributed by atoms with van der Waals surface area (Å²) in [4.78, 5) is 30.7.